The van der Waals surface area contributed by atoms with Gasteiger partial charge in [0.2, 0.25) is 5.91 Å². The molecule has 84 valence electrons. The fourth-order valence-corrected chi connectivity index (χ4v) is 2.38. The summed E-state index contributed by atoms with van der Waals surface area (Å²) in [6, 6.07) is 2.03. The first-order valence-corrected chi connectivity index (χ1v) is 5.66. The van der Waals surface area contributed by atoms with E-state index in [1.807, 2.05) is 11.0 Å². The number of amides is 1. The van der Waals surface area contributed by atoms with Gasteiger partial charge < -0.3 is 16.0 Å². The van der Waals surface area contributed by atoms with Crippen molar-refractivity contribution in [1.82, 2.24) is 9.69 Å². The number of rotatable bonds is 1. The molecule has 1 aromatic heterocycles. The average Bonchev–Trinajstić information content (AvgIpc) is 2.49. The normalized spacial score (nSPS) is 16.4. The third-order valence-corrected chi connectivity index (χ3v) is 3.28. The van der Waals surface area contributed by atoms with Crippen LogP contribution in [0.2, 0.25) is 0 Å². The van der Waals surface area contributed by atoms with E-state index in [1.165, 1.54) is 11.5 Å². The summed E-state index contributed by atoms with van der Waals surface area (Å²) in [5, 5.41) is 12.4. The van der Waals surface area contributed by atoms with Gasteiger partial charge in [0.25, 0.3) is 0 Å². The number of nitrogens with one attached hydrogen (secondary N) is 1. The molecule has 6 nitrogen and oxygen atoms in total. The Hall–Kier alpha value is -1.81. The third-order valence-electron chi connectivity index (χ3n) is 2.36. The van der Waals surface area contributed by atoms with E-state index in [0.717, 1.165) is 13.0 Å². The van der Waals surface area contributed by atoms with Gasteiger partial charge in [0, 0.05) is 13.1 Å². The maximum absolute atomic E-state index is 11.4. The van der Waals surface area contributed by atoms with E-state index in [9.17, 15) is 4.79 Å². The molecule has 16 heavy (non-hydrogen) atoms. The maximum atomic E-state index is 11.4. The predicted octanol–water partition coefficient (Wildman–Crippen LogP) is -0.0767. The summed E-state index contributed by atoms with van der Waals surface area (Å²) in [5.41, 5.74) is 5.96. The van der Waals surface area contributed by atoms with Gasteiger partial charge >= 0.3 is 0 Å². The van der Waals surface area contributed by atoms with Crippen molar-refractivity contribution < 1.29 is 4.79 Å². The third kappa shape index (κ3) is 1.92. The zero-order valence-electron chi connectivity index (χ0n) is 8.56. The average molecular weight is 237 g/mol. The first kappa shape index (κ1) is 10.7. The molecule has 1 fully saturated rings. The van der Waals surface area contributed by atoms with E-state index in [2.05, 4.69) is 9.69 Å². The molecule has 0 aliphatic carbocycles. The first-order valence-electron chi connectivity index (χ1n) is 4.89. The predicted molar refractivity (Wildman–Crippen MR) is 61.1 cm³/mol. The van der Waals surface area contributed by atoms with Crippen molar-refractivity contribution in [2.75, 3.05) is 30.3 Å². The largest absolute Gasteiger partial charge is 0.382 e. The smallest absolute Gasteiger partial charge is 0.239 e. The molecule has 2 heterocycles. The highest BCUT2D eigenvalue weighted by molar-refractivity contribution is 7.10. The molecule has 2 rings (SSSR count). The van der Waals surface area contributed by atoms with Crippen molar-refractivity contribution in [3.8, 4) is 6.07 Å². The van der Waals surface area contributed by atoms with E-state index in [0.29, 0.717) is 17.1 Å². The Bertz CT molecular complexity index is 449. The van der Waals surface area contributed by atoms with Crippen LogP contribution >= 0.6 is 11.5 Å². The topological polar surface area (TPSA) is 95.0 Å². The summed E-state index contributed by atoms with van der Waals surface area (Å²) in [5.74, 6) is 0.209. The number of aromatic nitrogens is 1. The summed E-state index contributed by atoms with van der Waals surface area (Å²) in [6.45, 7) is 1.66. The molecule has 1 aliphatic heterocycles. The number of carbonyl (C=O) groups excluding carboxylic acids is 1. The van der Waals surface area contributed by atoms with Crippen molar-refractivity contribution in [2.24, 2.45) is 0 Å². The van der Waals surface area contributed by atoms with Crippen molar-refractivity contribution in [3.05, 3.63) is 5.56 Å². The molecule has 1 aromatic rings. The molecular formula is C9H11N5OS. The Morgan fingerprint density at radius 3 is 3.19 bits per heavy atom. The monoisotopic (exact) mass is 237 g/mol. The molecule has 0 bridgehead atoms. The molecule has 7 heteroatoms. The van der Waals surface area contributed by atoms with E-state index >= 15 is 0 Å². The zero-order valence-corrected chi connectivity index (χ0v) is 9.38. The maximum Gasteiger partial charge on any atom is 0.239 e. The van der Waals surface area contributed by atoms with Gasteiger partial charge in [-0.1, -0.05) is 0 Å². The summed E-state index contributed by atoms with van der Waals surface area (Å²) in [7, 11) is 0. The number of hydrogen-bond acceptors (Lipinski definition) is 6. The number of nitrogens with two attached hydrogens (primary N) is 1. The molecule has 0 aromatic carbocycles. The Kier molecular flexibility index (Phi) is 2.92. The summed E-state index contributed by atoms with van der Waals surface area (Å²) in [6.07, 6.45) is 0.856. The highest BCUT2D eigenvalue weighted by Crippen LogP contribution is 2.29. The molecule has 3 N–H and O–H groups in total. The fraction of sp³-hybridized carbons (Fsp3) is 0.444. The van der Waals surface area contributed by atoms with Gasteiger partial charge in [-0.3, -0.25) is 4.79 Å². The lowest BCUT2D eigenvalue weighted by molar-refractivity contribution is -0.119. The summed E-state index contributed by atoms with van der Waals surface area (Å²) >= 11 is 1.17. The van der Waals surface area contributed by atoms with Crippen LogP contribution in [0.3, 0.4) is 0 Å². The van der Waals surface area contributed by atoms with Crippen LogP contribution in [0.1, 0.15) is 12.0 Å². The van der Waals surface area contributed by atoms with Crippen molar-refractivity contribution in [2.45, 2.75) is 6.42 Å². The highest BCUT2D eigenvalue weighted by Gasteiger charge is 2.21. The molecule has 0 radical (unpaired) electrons. The Labute approximate surface area is 96.8 Å². The van der Waals surface area contributed by atoms with E-state index in [-0.39, 0.29) is 18.3 Å². The SMILES string of the molecule is N#Cc1c(N)nsc1N1CCCNC(=O)C1. The number of hydrogen-bond donors (Lipinski definition) is 2. The van der Waals surface area contributed by atoms with Crippen LogP contribution in [-0.2, 0) is 4.79 Å². The number of anilines is 2. The van der Waals surface area contributed by atoms with Gasteiger partial charge in [0.05, 0.1) is 6.54 Å². The molecule has 0 saturated carbocycles. The second kappa shape index (κ2) is 4.37. The second-order valence-electron chi connectivity index (χ2n) is 3.48. The van der Waals surface area contributed by atoms with Gasteiger partial charge in [0.15, 0.2) is 5.82 Å². The molecule has 0 unspecified atom stereocenters. The van der Waals surface area contributed by atoms with Crippen molar-refractivity contribution in [3.63, 3.8) is 0 Å². The zero-order chi connectivity index (χ0) is 11.5. The van der Waals surface area contributed by atoms with Crippen LogP contribution in [0, 0.1) is 11.3 Å². The van der Waals surface area contributed by atoms with Gasteiger partial charge in [0.1, 0.15) is 16.6 Å². The molecule has 1 amide bonds. The molecule has 1 saturated heterocycles. The molecule has 0 atom stereocenters. The van der Waals surface area contributed by atoms with Crippen LogP contribution < -0.4 is 16.0 Å². The number of nitrogens with zero attached hydrogens (tertiary/aromatic N) is 3. The number of nitrogen functional groups attached to an aromatic ring is 1. The second-order valence-corrected chi connectivity index (χ2v) is 4.24. The van der Waals surface area contributed by atoms with Gasteiger partial charge in [-0.2, -0.15) is 9.64 Å². The molecule has 0 spiro atoms. The fourth-order valence-electron chi connectivity index (χ4n) is 1.59. The van der Waals surface area contributed by atoms with Crippen LogP contribution in [0.15, 0.2) is 0 Å². The van der Waals surface area contributed by atoms with Crippen molar-refractivity contribution in [1.29, 1.82) is 5.26 Å². The van der Waals surface area contributed by atoms with E-state index in [1.54, 1.807) is 0 Å². The number of nitriles is 1. The van der Waals surface area contributed by atoms with Gasteiger partial charge in [-0.15, -0.1) is 0 Å². The summed E-state index contributed by atoms with van der Waals surface area (Å²) in [4.78, 5) is 13.2. The van der Waals surface area contributed by atoms with Crippen LogP contribution in [-0.4, -0.2) is 29.9 Å². The van der Waals surface area contributed by atoms with Crippen molar-refractivity contribution >= 4 is 28.3 Å². The number of carbonyl (C=O) groups is 1. The minimum Gasteiger partial charge on any atom is -0.382 e. The quantitative estimate of drug-likeness (QED) is 0.712. The van der Waals surface area contributed by atoms with Crippen LogP contribution in [0.4, 0.5) is 10.8 Å². The lowest BCUT2D eigenvalue weighted by Crippen LogP contribution is -2.32. The van der Waals surface area contributed by atoms with E-state index < -0.39 is 0 Å². The molecular weight excluding hydrogens is 226 g/mol. The highest BCUT2D eigenvalue weighted by atomic mass is 32.1. The van der Waals surface area contributed by atoms with Gasteiger partial charge in [-0.25, -0.2) is 0 Å². The van der Waals surface area contributed by atoms with Gasteiger partial charge in [-0.05, 0) is 18.0 Å². The Morgan fingerprint density at radius 1 is 1.62 bits per heavy atom. The van der Waals surface area contributed by atoms with Crippen LogP contribution in [0.25, 0.3) is 0 Å². The lowest BCUT2D eigenvalue weighted by atomic mass is 10.3. The Balaban J connectivity index is 2.29. The summed E-state index contributed by atoms with van der Waals surface area (Å²) < 4.78 is 3.94. The lowest BCUT2D eigenvalue weighted by Gasteiger charge is -2.18. The minimum absolute atomic E-state index is 0.0339. The Morgan fingerprint density at radius 2 is 2.44 bits per heavy atom. The standard InChI is InChI=1S/C9H11N5OS/c10-4-6-8(11)13-16-9(6)14-3-1-2-12-7(15)5-14/h1-3,5H2,(H2,11,13)(H,12,15). The first-order chi connectivity index (χ1) is 7.72. The van der Waals surface area contributed by atoms with Crippen LogP contribution in [0.5, 0.6) is 0 Å². The van der Waals surface area contributed by atoms with E-state index in [4.69, 9.17) is 11.0 Å². The molecule has 1 aliphatic rings. The minimum atomic E-state index is -0.0339.